The van der Waals surface area contributed by atoms with Gasteiger partial charge in [0.15, 0.2) is 0 Å². The number of fused-ring (bicyclic) bond motifs is 2. The monoisotopic (exact) mass is 211 g/mol. The Labute approximate surface area is 97.1 Å². The summed E-state index contributed by atoms with van der Waals surface area (Å²) >= 11 is 0. The third-order valence-electron chi connectivity index (χ3n) is 4.53. The molecule has 2 aliphatic carbocycles. The third-order valence-corrected chi connectivity index (χ3v) is 4.53. The van der Waals surface area contributed by atoms with E-state index in [-0.39, 0.29) is 5.92 Å². The molecule has 0 N–H and O–H groups in total. The highest BCUT2D eigenvalue weighted by atomic mass is 14.5. The van der Waals surface area contributed by atoms with Crippen molar-refractivity contribution >= 4 is 0 Å². The molecule has 4 atom stereocenters. The first-order chi connectivity index (χ1) is 7.79. The minimum Gasteiger partial charge on any atom is -0.198 e. The summed E-state index contributed by atoms with van der Waals surface area (Å²) in [5.41, 5.74) is 2.70. The van der Waals surface area contributed by atoms with Crippen molar-refractivity contribution in [1.82, 2.24) is 0 Å². The first kappa shape index (κ1) is 9.90. The molecule has 1 aromatic rings. The van der Waals surface area contributed by atoms with Crippen molar-refractivity contribution in [2.24, 2.45) is 17.8 Å². The smallest absolute Gasteiger partial charge is 0.0665 e. The Morgan fingerprint density at radius 2 is 1.81 bits per heavy atom. The summed E-state index contributed by atoms with van der Waals surface area (Å²) in [4.78, 5) is 0. The van der Waals surface area contributed by atoms with Crippen molar-refractivity contribution in [3.8, 4) is 6.07 Å². The molecule has 0 aliphatic heterocycles. The lowest BCUT2D eigenvalue weighted by Gasteiger charge is -2.26. The van der Waals surface area contributed by atoms with Gasteiger partial charge in [0, 0.05) is 5.92 Å². The fraction of sp³-hybridized carbons (Fsp3) is 0.533. The van der Waals surface area contributed by atoms with E-state index in [1.807, 2.05) is 0 Å². The van der Waals surface area contributed by atoms with Gasteiger partial charge in [-0.2, -0.15) is 5.26 Å². The zero-order chi connectivity index (χ0) is 11.1. The molecule has 0 spiro atoms. The molecule has 2 bridgehead atoms. The number of nitriles is 1. The Hall–Kier alpha value is -1.29. The van der Waals surface area contributed by atoms with Crippen LogP contribution in [0.1, 0.15) is 36.3 Å². The fourth-order valence-electron chi connectivity index (χ4n) is 3.75. The minimum atomic E-state index is 0.279. The van der Waals surface area contributed by atoms with Crippen LogP contribution in [0.25, 0.3) is 0 Å². The Kier molecular flexibility index (Phi) is 2.24. The van der Waals surface area contributed by atoms with E-state index in [1.54, 1.807) is 0 Å². The number of aryl methyl sites for hydroxylation is 1. The van der Waals surface area contributed by atoms with Gasteiger partial charge in [0.2, 0.25) is 0 Å². The quantitative estimate of drug-likeness (QED) is 0.695. The summed E-state index contributed by atoms with van der Waals surface area (Å²) in [6.45, 7) is 2.12. The molecule has 1 heteroatoms. The number of rotatable bonds is 1. The van der Waals surface area contributed by atoms with Gasteiger partial charge in [-0.25, -0.2) is 0 Å². The molecule has 16 heavy (non-hydrogen) atoms. The van der Waals surface area contributed by atoms with Gasteiger partial charge in [0.1, 0.15) is 0 Å². The highest BCUT2D eigenvalue weighted by Crippen LogP contribution is 2.56. The van der Waals surface area contributed by atoms with Crippen molar-refractivity contribution < 1.29 is 0 Å². The second-order valence-electron chi connectivity index (χ2n) is 5.42. The van der Waals surface area contributed by atoms with Crippen LogP contribution in [0.15, 0.2) is 24.3 Å². The molecule has 1 aromatic carbocycles. The van der Waals surface area contributed by atoms with Crippen LogP contribution >= 0.6 is 0 Å². The lowest BCUT2D eigenvalue weighted by molar-refractivity contribution is 0.349. The molecule has 0 heterocycles. The van der Waals surface area contributed by atoms with Crippen molar-refractivity contribution in [1.29, 1.82) is 5.26 Å². The summed E-state index contributed by atoms with van der Waals surface area (Å²) in [5, 5.41) is 9.32. The van der Waals surface area contributed by atoms with Crippen LogP contribution < -0.4 is 0 Å². The van der Waals surface area contributed by atoms with Crippen molar-refractivity contribution in [2.45, 2.75) is 32.1 Å². The molecule has 0 aromatic heterocycles. The van der Waals surface area contributed by atoms with E-state index in [1.165, 1.54) is 30.4 Å². The SMILES string of the molecule is Cc1ccc([C@@H]2[C@H]3CC[C@H](C3)[C@@H]2C#N)cc1. The Balaban J connectivity index is 1.95. The van der Waals surface area contributed by atoms with E-state index in [0.717, 1.165) is 5.92 Å². The van der Waals surface area contributed by atoms with E-state index < -0.39 is 0 Å². The summed E-state index contributed by atoms with van der Waals surface area (Å²) in [6.07, 6.45) is 3.91. The van der Waals surface area contributed by atoms with Crippen LogP contribution in [0, 0.1) is 36.0 Å². The van der Waals surface area contributed by atoms with Gasteiger partial charge in [0.05, 0.1) is 12.0 Å². The topological polar surface area (TPSA) is 23.8 Å². The van der Waals surface area contributed by atoms with E-state index in [4.69, 9.17) is 0 Å². The number of nitrogens with zero attached hydrogens (tertiary/aromatic N) is 1. The lowest BCUT2D eigenvalue weighted by Crippen LogP contribution is -2.19. The van der Waals surface area contributed by atoms with Gasteiger partial charge in [0.25, 0.3) is 0 Å². The average Bonchev–Trinajstić information content (AvgIpc) is 2.89. The first-order valence-electron chi connectivity index (χ1n) is 6.26. The van der Waals surface area contributed by atoms with Crippen LogP contribution in [0.5, 0.6) is 0 Å². The Morgan fingerprint density at radius 3 is 2.50 bits per heavy atom. The highest BCUT2D eigenvalue weighted by Gasteiger charge is 2.48. The maximum absolute atomic E-state index is 9.32. The minimum absolute atomic E-state index is 0.279. The molecule has 0 amide bonds. The second kappa shape index (κ2) is 3.63. The molecule has 3 rings (SSSR count). The highest BCUT2D eigenvalue weighted by molar-refractivity contribution is 5.29. The van der Waals surface area contributed by atoms with Crippen molar-refractivity contribution in [2.75, 3.05) is 0 Å². The van der Waals surface area contributed by atoms with Gasteiger partial charge in [-0.15, -0.1) is 0 Å². The maximum atomic E-state index is 9.32. The number of hydrogen-bond donors (Lipinski definition) is 0. The Morgan fingerprint density at radius 1 is 1.12 bits per heavy atom. The van der Waals surface area contributed by atoms with Gasteiger partial charge < -0.3 is 0 Å². The van der Waals surface area contributed by atoms with Gasteiger partial charge >= 0.3 is 0 Å². The van der Waals surface area contributed by atoms with Crippen LogP contribution in [0.2, 0.25) is 0 Å². The van der Waals surface area contributed by atoms with E-state index in [2.05, 4.69) is 37.3 Å². The molecule has 0 radical (unpaired) electrons. The van der Waals surface area contributed by atoms with Crippen LogP contribution in [-0.2, 0) is 0 Å². The predicted molar refractivity (Wildman–Crippen MR) is 63.9 cm³/mol. The molecule has 2 saturated carbocycles. The zero-order valence-corrected chi connectivity index (χ0v) is 9.69. The van der Waals surface area contributed by atoms with Crippen molar-refractivity contribution in [3.63, 3.8) is 0 Å². The molecule has 1 nitrogen and oxygen atoms in total. The van der Waals surface area contributed by atoms with Crippen LogP contribution in [0.4, 0.5) is 0 Å². The predicted octanol–water partition coefficient (Wildman–Crippen LogP) is 3.65. The molecule has 2 fully saturated rings. The summed E-state index contributed by atoms with van der Waals surface area (Å²) in [6, 6.07) is 11.4. The van der Waals surface area contributed by atoms with Gasteiger partial charge in [-0.3, -0.25) is 0 Å². The molecule has 0 unspecified atom stereocenters. The molecule has 2 aliphatic rings. The molecule has 82 valence electrons. The fourth-order valence-corrected chi connectivity index (χ4v) is 3.75. The zero-order valence-electron chi connectivity index (χ0n) is 9.69. The second-order valence-corrected chi connectivity index (χ2v) is 5.42. The Bertz CT molecular complexity index is 426. The van der Waals surface area contributed by atoms with Crippen LogP contribution in [-0.4, -0.2) is 0 Å². The standard InChI is InChI=1S/C15H17N/c1-10-2-4-11(5-3-10)15-13-7-6-12(8-13)14(15)9-16/h2-5,12-15H,6-8H2,1H3/t12-,13+,14+,15-/m1/s1. The summed E-state index contributed by atoms with van der Waals surface area (Å²) in [5.74, 6) is 2.25. The number of hydrogen-bond acceptors (Lipinski definition) is 1. The van der Waals surface area contributed by atoms with Gasteiger partial charge in [-0.05, 0) is 43.6 Å². The van der Waals surface area contributed by atoms with E-state index in [9.17, 15) is 5.26 Å². The third kappa shape index (κ3) is 1.37. The average molecular weight is 211 g/mol. The molecular weight excluding hydrogens is 194 g/mol. The van der Waals surface area contributed by atoms with E-state index in [0.29, 0.717) is 11.8 Å². The largest absolute Gasteiger partial charge is 0.198 e. The molecular formula is C15H17N. The van der Waals surface area contributed by atoms with E-state index >= 15 is 0 Å². The number of benzene rings is 1. The van der Waals surface area contributed by atoms with Gasteiger partial charge in [-0.1, -0.05) is 29.8 Å². The maximum Gasteiger partial charge on any atom is 0.0665 e. The normalized spacial score (nSPS) is 36.2. The summed E-state index contributed by atoms with van der Waals surface area (Å²) in [7, 11) is 0. The first-order valence-corrected chi connectivity index (χ1v) is 6.26. The van der Waals surface area contributed by atoms with Crippen LogP contribution in [0.3, 0.4) is 0 Å². The lowest BCUT2D eigenvalue weighted by atomic mass is 9.76. The summed E-state index contributed by atoms with van der Waals surface area (Å²) < 4.78 is 0. The molecule has 0 saturated heterocycles. The van der Waals surface area contributed by atoms with Crippen molar-refractivity contribution in [3.05, 3.63) is 35.4 Å².